The molecule has 0 unspecified atom stereocenters. The summed E-state index contributed by atoms with van der Waals surface area (Å²) < 4.78 is 5.08. The van der Waals surface area contributed by atoms with Gasteiger partial charge in [-0.3, -0.25) is 0 Å². The van der Waals surface area contributed by atoms with E-state index in [1.54, 1.807) is 19.2 Å². The number of nitriles is 1. The fourth-order valence-electron chi connectivity index (χ4n) is 1.59. The zero-order chi connectivity index (χ0) is 13.0. The molecule has 0 fully saturated rings. The Bertz CT molecular complexity index is 560. The quantitative estimate of drug-likeness (QED) is 0.850. The SMILES string of the molecule is COc1ccc([C@H](C#N)c2ccc(Cl)nn2)cc1. The molecule has 0 amide bonds. The first-order valence-corrected chi connectivity index (χ1v) is 5.65. The van der Waals surface area contributed by atoms with Gasteiger partial charge in [-0.1, -0.05) is 23.7 Å². The van der Waals surface area contributed by atoms with Crippen LogP contribution in [-0.2, 0) is 0 Å². The molecule has 0 aliphatic heterocycles. The van der Waals surface area contributed by atoms with E-state index in [9.17, 15) is 5.26 Å². The Morgan fingerprint density at radius 1 is 1.17 bits per heavy atom. The van der Waals surface area contributed by atoms with Crippen LogP contribution in [0.4, 0.5) is 0 Å². The molecule has 0 N–H and O–H groups in total. The lowest BCUT2D eigenvalue weighted by molar-refractivity contribution is 0.414. The molecule has 0 bridgehead atoms. The van der Waals surface area contributed by atoms with Crippen molar-refractivity contribution in [3.8, 4) is 11.8 Å². The Hall–Kier alpha value is -2.12. The van der Waals surface area contributed by atoms with E-state index in [0.717, 1.165) is 11.3 Å². The Kier molecular flexibility index (Phi) is 3.75. The first-order valence-electron chi connectivity index (χ1n) is 5.27. The maximum absolute atomic E-state index is 9.25. The highest BCUT2D eigenvalue weighted by molar-refractivity contribution is 6.29. The van der Waals surface area contributed by atoms with Crippen LogP contribution in [-0.4, -0.2) is 17.3 Å². The zero-order valence-corrected chi connectivity index (χ0v) is 10.4. The minimum absolute atomic E-state index is 0.310. The van der Waals surface area contributed by atoms with Crippen LogP contribution in [0.2, 0.25) is 5.15 Å². The van der Waals surface area contributed by atoms with Crippen molar-refractivity contribution in [3.63, 3.8) is 0 Å². The fraction of sp³-hybridized carbons (Fsp3) is 0.154. The van der Waals surface area contributed by atoms with E-state index in [1.807, 2.05) is 24.3 Å². The van der Waals surface area contributed by atoms with Gasteiger partial charge in [-0.2, -0.15) is 10.4 Å². The Morgan fingerprint density at radius 3 is 2.39 bits per heavy atom. The van der Waals surface area contributed by atoms with Gasteiger partial charge in [-0.25, -0.2) is 0 Å². The standard InChI is InChI=1S/C13H10ClN3O/c1-18-10-4-2-9(3-5-10)11(8-15)12-6-7-13(14)17-16-12/h2-7,11H,1H3/t11-/m0/s1. The fourth-order valence-corrected chi connectivity index (χ4v) is 1.69. The van der Waals surface area contributed by atoms with Gasteiger partial charge in [0.1, 0.15) is 11.7 Å². The predicted octanol–water partition coefficient (Wildman–Crippen LogP) is 2.79. The van der Waals surface area contributed by atoms with Gasteiger partial charge in [-0.15, -0.1) is 5.10 Å². The molecule has 1 atom stereocenters. The Morgan fingerprint density at radius 2 is 1.89 bits per heavy atom. The molecule has 90 valence electrons. The number of benzene rings is 1. The molecule has 1 heterocycles. The van der Waals surface area contributed by atoms with E-state index < -0.39 is 5.92 Å². The molecular weight excluding hydrogens is 250 g/mol. The van der Waals surface area contributed by atoms with Gasteiger partial charge < -0.3 is 4.74 Å². The van der Waals surface area contributed by atoms with Crippen LogP contribution >= 0.6 is 11.6 Å². The van der Waals surface area contributed by atoms with Gasteiger partial charge in [0.2, 0.25) is 0 Å². The van der Waals surface area contributed by atoms with Crippen molar-refractivity contribution in [1.82, 2.24) is 10.2 Å². The molecule has 1 aromatic heterocycles. The van der Waals surface area contributed by atoms with Crippen molar-refractivity contribution in [2.45, 2.75) is 5.92 Å². The molecule has 0 aliphatic rings. The van der Waals surface area contributed by atoms with Crippen LogP contribution in [0.5, 0.6) is 5.75 Å². The topological polar surface area (TPSA) is 58.8 Å². The number of aromatic nitrogens is 2. The number of hydrogen-bond donors (Lipinski definition) is 0. The molecule has 0 saturated heterocycles. The lowest BCUT2D eigenvalue weighted by Gasteiger charge is -2.09. The molecule has 18 heavy (non-hydrogen) atoms. The maximum atomic E-state index is 9.25. The second-order valence-corrected chi connectivity index (χ2v) is 4.00. The smallest absolute Gasteiger partial charge is 0.151 e. The van der Waals surface area contributed by atoms with E-state index in [-0.39, 0.29) is 0 Å². The average Bonchev–Trinajstić information content (AvgIpc) is 2.42. The van der Waals surface area contributed by atoms with Crippen LogP contribution < -0.4 is 4.74 Å². The minimum atomic E-state index is -0.458. The first-order chi connectivity index (χ1) is 8.74. The van der Waals surface area contributed by atoms with E-state index >= 15 is 0 Å². The summed E-state index contributed by atoms with van der Waals surface area (Å²) in [5, 5.41) is 17.2. The maximum Gasteiger partial charge on any atom is 0.151 e. The third kappa shape index (κ3) is 2.58. The van der Waals surface area contributed by atoms with Crippen LogP contribution in [0.25, 0.3) is 0 Å². The Balaban J connectivity index is 2.33. The number of methoxy groups -OCH3 is 1. The summed E-state index contributed by atoms with van der Waals surface area (Å²) in [7, 11) is 1.60. The van der Waals surface area contributed by atoms with E-state index in [4.69, 9.17) is 16.3 Å². The molecular formula is C13H10ClN3O. The monoisotopic (exact) mass is 259 g/mol. The van der Waals surface area contributed by atoms with Crippen molar-refractivity contribution >= 4 is 11.6 Å². The number of rotatable bonds is 3. The van der Waals surface area contributed by atoms with Crippen LogP contribution in [0.15, 0.2) is 36.4 Å². The summed E-state index contributed by atoms with van der Waals surface area (Å²) in [6.45, 7) is 0. The second kappa shape index (κ2) is 5.48. The minimum Gasteiger partial charge on any atom is -0.497 e. The van der Waals surface area contributed by atoms with E-state index in [1.165, 1.54) is 0 Å². The van der Waals surface area contributed by atoms with E-state index in [2.05, 4.69) is 16.3 Å². The summed E-state index contributed by atoms with van der Waals surface area (Å²) in [5.74, 6) is 0.290. The second-order valence-electron chi connectivity index (χ2n) is 3.62. The number of halogens is 1. The normalized spacial score (nSPS) is 11.6. The summed E-state index contributed by atoms with van der Waals surface area (Å²) in [5.41, 5.74) is 1.42. The molecule has 4 nitrogen and oxygen atoms in total. The molecule has 0 spiro atoms. The molecule has 2 rings (SSSR count). The number of nitrogens with zero attached hydrogens (tertiary/aromatic N) is 3. The van der Waals surface area contributed by atoms with Gasteiger partial charge in [0.05, 0.1) is 18.9 Å². The summed E-state index contributed by atoms with van der Waals surface area (Å²) >= 11 is 5.67. The van der Waals surface area contributed by atoms with Gasteiger partial charge in [0.15, 0.2) is 5.15 Å². The number of hydrogen-bond acceptors (Lipinski definition) is 4. The highest BCUT2D eigenvalue weighted by Gasteiger charge is 2.15. The van der Waals surface area contributed by atoms with Crippen molar-refractivity contribution in [2.24, 2.45) is 0 Å². The van der Waals surface area contributed by atoms with Crippen molar-refractivity contribution < 1.29 is 4.74 Å². The lowest BCUT2D eigenvalue weighted by Crippen LogP contribution is -2.02. The molecule has 1 aromatic carbocycles. The van der Waals surface area contributed by atoms with Crippen molar-refractivity contribution in [2.75, 3.05) is 7.11 Å². The van der Waals surface area contributed by atoms with Gasteiger partial charge in [0.25, 0.3) is 0 Å². The molecule has 0 radical (unpaired) electrons. The van der Waals surface area contributed by atoms with Gasteiger partial charge in [0, 0.05) is 0 Å². The van der Waals surface area contributed by atoms with Gasteiger partial charge in [-0.05, 0) is 29.8 Å². The largest absolute Gasteiger partial charge is 0.497 e. The third-order valence-corrected chi connectivity index (χ3v) is 2.73. The third-order valence-electron chi connectivity index (χ3n) is 2.53. The first kappa shape index (κ1) is 12.3. The lowest BCUT2D eigenvalue weighted by atomic mass is 9.97. The van der Waals surface area contributed by atoms with Crippen molar-refractivity contribution in [1.29, 1.82) is 5.26 Å². The van der Waals surface area contributed by atoms with Crippen molar-refractivity contribution in [3.05, 3.63) is 52.8 Å². The van der Waals surface area contributed by atoms with Crippen LogP contribution in [0, 0.1) is 11.3 Å². The average molecular weight is 260 g/mol. The predicted molar refractivity (Wildman–Crippen MR) is 67.5 cm³/mol. The van der Waals surface area contributed by atoms with Crippen LogP contribution in [0.3, 0.4) is 0 Å². The summed E-state index contributed by atoms with van der Waals surface area (Å²) in [6.07, 6.45) is 0. The number of ether oxygens (including phenoxy) is 1. The summed E-state index contributed by atoms with van der Waals surface area (Å²) in [6, 6.07) is 12.8. The Labute approximate surface area is 110 Å². The highest BCUT2D eigenvalue weighted by Crippen LogP contribution is 2.24. The molecule has 5 heteroatoms. The van der Waals surface area contributed by atoms with Gasteiger partial charge >= 0.3 is 0 Å². The summed E-state index contributed by atoms with van der Waals surface area (Å²) in [4.78, 5) is 0. The zero-order valence-electron chi connectivity index (χ0n) is 9.67. The highest BCUT2D eigenvalue weighted by atomic mass is 35.5. The molecule has 0 aliphatic carbocycles. The van der Waals surface area contributed by atoms with E-state index in [0.29, 0.717) is 10.8 Å². The molecule has 0 saturated carbocycles. The van der Waals surface area contributed by atoms with Crippen LogP contribution in [0.1, 0.15) is 17.2 Å². The molecule has 2 aromatic rings.